The van der Waals surface area contributed by atoms with Gasteiger partial charge in [0, 0.05) is 11.0 Å². The number of halogens is 3. The van der Waals surface area contributed by atoms with Gasteiger partial charge >= 0.3 is 0 Å². The topological polar surface area (TPSA) is 72.2 Å². The molecule has 0 heterocycles. The molecule has 0 aliphatic carbocycles. The Balaban J connectivity index is 2.38. The van der Waals surface area contributed by atoms with Crippen LogP contribution >= 0.6 is 15.9 Å². The third-order valence-electron chi connectivity index (χ3n) is 2.70. The molecule has 8 heteroatoms. The highest BCUT2D eigenvalue weighted by Gasteiger charge is 2.20. The van der Waals surface area contributed by atoms with Crippen LogP contribution in [0.1, 0.15) is 5.56 Å². The van der Waals surface area contributed by atoms with Crippen LogP contribution in [-0.4, -0.2) is 8.42 Å². The van der Waals surface area contributed by atoms with Gasteiger partial charge in [-0.05, 0) is 51.8 Å². The number of hydrogen-bond acceptors (Lipinski definition) is 3. The standard InChI is InChI=1S/C13H11BrF2N2O2S/c14-10-6-9(15)2-3-12(10)18-21(19,20)13-4-1-8(7-17)5-11(13)16/h1-6,18H,7,17H2. The van der Waals surface area contributed by atoms with Crippen molar-refractivity contribution in [3.63, 3.8) is 0 Å². The first-order valence-corrected chi connectivity index (χ1v) is 8.07. The monoisotopic (exact) mass is 376 g/mol. The van der Waals surface area contributed by atoms with Crippen molar-refractivity contribution >= 4 is 31.6 Å². The van der Waals surface area contributed by atoms with Gasteiger partial charge in [0.25, 0.3) is 10.0 Å². The van der Waals surface area contributed by atoms with Crippen LogP contribution in [0.5, 0.6) is 0 Å². The zero-order chi connectivity index (χ0) is 15.6. The summed E-state index contributed by atoms with van der Waals surface area (Å²) in [5, 5.41) is 0. The minimum absolute atomic E-state index is 0.105. The molecule has 112 valence electrons. The summed E-state index contributed by atoms with van der Waals surface area (Å²) in [6, 6.07) is 7.06. The molecule has 2 rings (SSSR count). The molecule has 0 aromatic heterocycles. The van der Waals surface area contributed by atoms with Crippen molar-refractivity contribution < 1.29 is 17.2 Å². The molecule has 0 saturated heterocycles. The van der Waals surface area contributed by atoms with E-state index in [1.165, 1.54) is 12.1 Å². The van der Waals surface area contributed by atoms with E-state index in [1.807, 2.05) is 0 Å². The van der Waals surface area contributed by atoms with Gasteiger partial charge in [0.05, 0.1) is 5.69 Å². The molecule has 0 radical (unpaired) electrons. The summed E-state index contributed by atoms with van der Waals surface area (Å²) in [7, 11) is -4.12. The molecule has 0 aliphatic heterocycles. The number of nitrogens with two attached hydrogens (primary N) is 1. The molecule has 0 atom stereocenters. The highest BCUT2D eigenvalue weighted by atomic mass is 79.9. The smallest absolute Gasteiger partial charge is 0.264 e. The summed E-state index contributed by atoms with van der Waals surface area (Å²) < 4.78 is 53.6. The molecular formula is C13H11BrF2N2O2S. The van der Waals surface area contributed by atoms with Crippen LogP contribution in [0.2, 0.25) is 0 Å². The Morgan fingerprint density at radius 2 is 1.86 bits per heavy atom. The van der Waals surface area contributed by atoms with E-state index in [-0.39, 0.29) is 16.7 Å². The van der Waals surface area contributed by atoms with Gasteiger partial charge in [-0.25, -0.2) is 17.2 Å². The van der Waals surface area contributed by atoms with Gasteiger partial charge < -0.3 is 5.73 Å². The molecule has 21 heavy (non-hydrogen) atoms. The van der Waals surface area contributed by atoms with E-state index in [2.05, 4.69) is 20.7 Å². The Bertz CT molecular complexity index is 782. The molecule has 0 aliphatic rings. The summed E-state index contributed by atoms with van der Waals surface area (Å²) in [6.45, 7) is 0.105. The van der Waals surface area contributed by atoms with E-state index in [0.717, 1.165) is 24.3 Å². The van der Waals surface area contributed by atoms with Crippen LogP contribution in [0.25, 0.3) is 0 Å². The molecule has 0 unspecified atom stereocenters. The lowest BCUT2D eigenvalue weighted by Gasteiger charge is -2.11. The Hall–Kier alpha value is -1.51. The number of benzene rings is 2. The zero-order valence-corrected chi connectivity index (χ0v) is 13.0. The Morgan fingerprint density at radius 1 is 1.14 bits per heavy atom. The van der Waals surface area contributed by atoms with E-state index < -0.39 is 26.6 Å². The molecule has 0 amide bonds. The van der Waals surface area contributed by atoms with Crippen molar-refractivity contribution in [2.75, 3.05) is 4.72 Å². The predicted octanol–water partition coefficient (Wildman–Crippen LogP) is 2.99. The second-order valence-electron chi connectivity index (χ2n) is 4.20. The second kappa shape index (κ2) is 6.08. The average Bonchev–Trinajstić information content (AvgIpc) is 2.41. The maximum atomic E-state index is 13.9. The highest BCUT2D eigenvalue weighted by molar-refractivity contribution is 9.10. The third-order valence-corrected chi connectivity index (χ3v) is 4.75. The van der Waals surface area contributed by atoms with Crippen molar-refractivity contribution in [3.05, 3.63) is 58.1 Å². The summed E-state index contributed by atoms with van der Waals surface area (Å²) >= 11 is 3.04. The van der Waals surface area contributed by atoms with Crippen molar-refractivity contribution in [1.29, 1.82) is 0 Å². The lowest BCUT2D eigenvalue weighted by Crippen LogP contribution is -2.15. The fourth-order valence-corrected chi connectivity index (χ4v) is 3.38. The second-order valence-corrected chi connectivity index (χ2v) is 6.70. The molecule has 0 bridgehead atoms. The number of hydrogen-bond donors (Lipinski definition) is 2. The first-order chi connectivity index (χ1) is 9.83. The number of nitrogens with one attached hydrogen (secondary N) is 1. The minimum Gasteiger partial charge on any atom is -0.326 e. The molecule has 4 nitrogen and oxygen atoms in total. The van der Waals surface area contributed by atoms with Gasteiger partial charge in [-0.2, -0.15) is 0 Å². The van der Waals surface area contributed by atoms with Crippen molar-refractivity contribution in [3.8, 4) is 0 Å². The molecule has 0 saturated carbocycles. The van der Waals surface area contributed by atoms with Gasteiger partial charge in [0.1, 0.15) is 16.5 Å². The van der Waals surface area contributed by atoms with E-state index >= 15 is 0 Å². The number of anilines is 1. The van der Waals surface area contributed by atoms with Crippen LogP contribution < -0.4 is 10.5 Å². The molecule has 2 aromatic rings. The molecule has 0 spiro atoms. The third kappa shape index (κ3) is 3.58. The van der Waals surface area contributed by atoms with Crippen LogP contribution in [-0.2, 0) is 16.6 Å². The molecular weight excluding hydrogens is 366 g/mol. The molecule has 3 N–H and O–H groups in total. The molecule has 2 aromatic carbocycles. The van der Waals surface area contributed by atoms with Gasteiger partial charge in [-0.15, -0.1) is 0 Å². The minimum atomic E-state index is -4.12. The fraction of sp³-hybridized carbons (Fsp3) is 0.0769. The summed E-state index contributed by atoms with van der Waals surface area (Å²) in [5.74, 6) is -1.42. The SMILES string of the molecule is NCc1ccc(S(=O)(=O)Nc2ccc(F)cc2Br)c(F)c1. The maximum Gasteiger partial charge on any atom is 0.264 e. The largest absolute Gasteiger partial charge is 0.326 e. The molecule has 0 fully saturated rings. The van der Waals surface area contributed by atoms with Gasteiger partial charge in [-0.1, -0.05) is 6.07 Å². The Kier molecular flexibility index (Phi) is 4.60. The predicted molar refractivity (Wildman–Crippen MR) is 79.2 cm³/mol. The van der Waals surface area contributed by atoms with Crippen LogP contribution in [0, 0.1) is 11.6 Å². The van der Waals surface area contributed by atoms with E-state index in [0.29, 0.717) is 5.56 Å². The van der Waals surface area contributed by atoms with Crippen LogP contribution in [0.15, 0.2) is 45.8 Å². The summed E-state index contributed by atoms with van der Waals surface area (Å²) in [4.78, 5) is -0.504. The normalized spacial score (nSPS) is 11.4. The average molecular weight is 377 g/mol. The van der Waals surface area contributed by atoms with Crippen LogP contribution in [0.4, 0.5) is 14.5 Å². The van der Waals surface area contributed by atoms with Crippen molar-refractivity contribution in [1.82, 2.24) is 0 Å². The van der Waals surface area contributed by atoms with Gasteiger partial charge in [0.2, 0.25) is 0 Å². The van der Waals surface area contributed by atoms with Gasteiger partial charge in [0.15, 0.2) is 0 Å². The fourth-order valence-electron chi connectivity index (χ4n) is 1.66. The highest BCUT2D eigenvalue weighted by Crippen LogP contribution is 2.26. The zero-order valence-electron chi connectivity index (χ0n) is 10.6. The van der Waals surface area contributed by atoms with Crippen LogP contribution in [0.3, 0.4) is 0 Å². The number of rotatable bonds is 4. The Morgan fingerprint density at radius 3 is 2.43 bits per heavy atom. The van der Waals surface area contributed by atoms with E-state index in [1.54, 1.807) is 0 Å². The van der Waals surface area contributed by atoms with Gasteiger partial charge in [-0.3, -0.25) is 4.72 Å². The first-order valence-electron chi connectivity index (χ1n) is 5.80. The lowest BCUT2D eigenvalue weighted by molar-refractivity contribution is 0.569. The maximum absolute atomic E-state index is 13.9. The van der Waals surface area contributed by atoms with Crippen molar-refractivity contribution in [2.45, 2.75) is 11.4 Å². The first kappa shape index (κ1) is 15.9. The summed E-state index contributed by atoms with van der Waals surface area (Å²) in [6.07, 6.45) is 0. The number of sulfonamides is 1. The van der Waals surface area contributed by atoms with E-state index in [4.69, 9.17) is 5.73 Å². The lowest BCUT2D eigenvalue weighted by atomic mass is 10.2. The summed E-state index contributed by atoms with van der Waals surface area (Å²) in [5.41, 5.74) is 5.95. The van der Waals surface area contributed by atoms with E-state index in [9.17, 15) is 17.2 Å². The Labute approximate surface area is 129 Å². The van der Waals surface area contributed by atoms with Crippen molar-refractivity contribution in [2.24, 2.45) is 5.73 Å². The quantitative estimate of drug-likeness (QED) is 0.861.